The second-order valence-corrected chi connectivity index (χ2v) is 5.66. The molecular weight excluding hydrogens is 305 g/mol. The van der Waals surface area contributed by atoms with Gasteiger partial charge in [0.15, 0.2) is 0 Å². The zero-order valence-electron chi connectivity index (χ0n) is 9.85. The average Bonchev–Trinajstić information content (AvgIpc) is 2.33. The number of hydrogen-bond acceptors (Lipinski definition) is 3. The number of rotatable bonds is 3. The number of pyridine rings is 1. The molecule has 0 saturated carbocycles. The van der Waals surface area contributed by atoms with Crippen LogP contribution < -0.4 is 0 Å². The molecule has 0 aliphatic carbocycles. The van der Waals surface area contributed by atoms with Crippen molar-refractivity contribution in [1.29, 1.82) is 0 Å². The van der Waals surface area contributed by atoms with Gasteiger partial charge in [-0.1, -0.05) is 35.0 Å². The molecule has 0 saturated heterocycles. The summed E-state index contributed by atoms with van der Waals surface area (Å²) in [6.45, 7) is 1.73. The molecule has 19 heavy (non-hydrogen) atoms. The van der Waals surface area contributed by atoms with E-state index in [0.717, 1.165) is 0 Å². The van der Waals surface area contributed by atoms with Gasteiger partial charge < -0.3 is 5.11 Å². The van der Waals surface area contributed by atoms with E-state index in [9.17, 15) is 9.90 Å². The van der Waals surface area contributed by atoms with Crippen LogP contribution in [0.15, 0.2) is 40.4 Å². The summed E-state index contributed by atoms with van der Waals surface area (Å²) in [5.74, 6) is -1.01. The lowest BCUT2D eigenvalue weighted by Crippen LogP contribution is -2.03. The number of carboxylic acids is 1. The van der Waals surface area contributed by atoms with Gasteiger partial charge in [-0.15, -0.1) is 0 Å². The van der Waals surface area contributed by atoms with E-state index >= 15 is 0 Å². The number of carboxylic acid groups (broad SMARTS) is 1. The Kier molecular flexibility index (Phi) is 4.34. The third-order valence-corrected chi connectivity index (χ3v) is 4.18. The van der Waals surface area contributed by atoms with Crippen LogP contribution in [0.3, 0.4) is 0 Å². The van der Waals surface area contributed by atoms with Crippen LogP contribution in [-0.2, 0) is 0 Å². The fourth-order valence-corrected chi connectivity index (χ4v) is 3.02. The second-order valence-electron chi connectivity index (χ2n) is 3.79. The number of aromatic carboxylic acids is 1. The molecule has 0 unspecified atom stereocenters. The van der Waals surface area contributed by atoms with Crippen molar-refractivity contribution in [1.82, 2.24) is 4.98 Å². The van der Waals surface area contributed by atoms with Crippen molar-refractivity contribution in [3.8, 4) is 0 Å². The third-order valence-electron chi connectivity index (χ3n) is 2.44. The quantitative estimate of drug-likeness (QED) is 0.903. The first-order valence-corrected chi connectivity index (χ1v) is 6.88. The first-order chi connectivity index (χ1) is 8.99. The lowest BCUT2D eigenvalue weighted by Gasteiger charge is -2.08. The van der Waals surface area contributed by atoms with Crippen LogP contribution in [0.5, 0.6) is 0 Å². The van der Waals surface area contributed by atoms with Gasteiger partial charge >= 0.3 is 5.97 Å². The smallest absolute Gasteiger partial charge is 0.338 e. The van der Waals surface area contributed by atoms with Crippen LogP contribution in [0, 0.1) is 6.92 Å². The van der Waals surface area contributed by atoms with Crippen molar-refractivity contribution >= 4 is 40.9 Å². The maximum absolute atomic E-state index is 11.3. The van der Waals surface area contributed by atoms with E-state index < -0.39 is 5.97 Å². The molecule has 0 aliphatic rings. The minimum atomic E-state index is -1.01. The molecule has 0 bridgehead atoms. The van der Waals surface area contributed by atoms with Gasteiger partial charge in [0, 0.05) is 16.1 Å². The Morgan fingerprint density at radius 2 is 2.05 bits per heavy atom. The number of benzene rings is 1. The van der Waals surface area contributed by atoms with Gasteiger partial charge in [0.2, 0.25) is 0 Å². The second kappa shape index (κ2) is 5.82. The van der Waals surface area contributed by atoms with Gasteiger partial charge in [-0.2, -0.15) is 0 Å². The van der Waals surface area contributed by atoms with Gasteiger partial charge in [-0.05, 0) is 36.8 Å². The molecule has 0 aliphatic heterocycles. The summed E-state index contributed by atoms with van der Waals surface area (Å²) in [5, 5.41) is 10.7. The maximum atomic E-state index is 11.3. The normalized spacial score (nSPS) is 10.5. The number of carbonyl (C=O) groups is 1. The van der Waals surface area contributed by atoms with Crippen molar-refractivity contribution < 1.29 is 9.90 Å². The molecule has 0 atom stereocenters. The van der Waals surface area contributed by atoms with Crippen LogP contribution in [0.2, 0.25) is 10.0 Å². The summed E-state index contributed by atoms with van der Waals surface area (Å²) in [4.78, 5) is 16.1. The minimum absolute atomic E-state index is 0.184. The molecule has 2 aromatic rings. The highest BCUT2D eigenvalue weighted by atomic mass is 35.5. The Labute approximate surface area is 124 Å². The van der Waals surface area contributed by atoms with Crippen LogP contribution >= 0.6 is 35.0 Å². The summed E-state index contributed by atoms with van der Waals surface area (Å²) in [7, 11) is 0. The van der Waals surface area contributed by atoms with E-state index in [0.29, 0.717) is 25.5 Å². The molecule has 98 valence electrons. The van der Waals surface area contributed by atoms with Crippen molar-refractivity contribution in [2.45, 2.75) is 16.8 Å². The number of hydrogen-bond donors (Lipinski definition) is 1. The molecule has 1 heterocycles. The van der Waals surface area contributed by atoms with Gasteiger partial charge in [-0.3, -0.25) is 0 Å². The molecule has 1 aromatic carbocycles. The van der Waals surface area contributed by atoms with Crippen molar-refractivity contribution in [3.63, 3.8) is 0 Å². The number of halogens is 2. The van der Waals surface area contributed by atoms with Gasteiger partial charge in [-0.25, -0.2) is 9.78 Å². The minimum Gasteiger partial charge on any atom is -0.478 e. The first kappa shape index (κ1) is 14.2. The standard InChI is InChI=1S/C13H9Cl2NO2S/c1-7-4-5-16-12(11(7)13(17)18)19-10-6-8(14)2-3-9(10)15/h2-6H,1H3,(H,17,18). The average molecular weight is 314 g/mol. The van der Waals surface area contributed by atoms with Gasteiger partial charge in [0.1, 0.15) is 5.03 Å². The Hall–Kier alpha value is -1.23. The van der Waals surface area contributed by atoms with Crippen molar-refractivity contribution in [2.75, 3.05) is 0 Å². The lowest BCUT2D eigenvalue weighted by molar-refractivity contribution is 0.0691. The number of nitrogens with zero attached hydrogens (tertiary/aromatic N) is 1. The Bertz CT molecular complexity index is 647. The van der Waals surface area contributed by atoms with Crippen molar-refractivity contribution in [3.05, 3.63) is 51.6 Å². The van der Waals surface area contributed by atoms with Crippen LogP contribution in [0.1, 0.15) is 15.9 Å². The number of aryl methyl sites for hydroxylation is 1. The van der Waals surface area contributed by atoms with Gasteiger partial charge in [0.05, 0.1) is 10.6 Å². The summed E-state index contributed by atoms with van der Waals surface area (Å²) < 4.78 is 0. The molecule has 0 fully saturated rings. The van der Waals surface area contributed by atoms with E-state index in [-0.39, 0.29) is 5.56 Å². The lowest BCUT2D eigenvalue weighted by atomic mass is 10.2. The third kappa shape index (κ3) is 3.21. The molecule has 3 nitrogen and oxygen atoms in total. The van der Waals surface area contributed by atoms with Crippen LogP contribution in [0.25, 0.3) is 0 Å². The molecule has 1 N–H and O–H groups in total. The van der Waals surface area contributed by atoms with Crippen LogP contribution in [-0.4, -0.2) is 16.1 Å². The highest BCUT2D eigenvalue weighted by Gasteiger charge is 2.16. The van der Waals surface area contributed by atoms with Gasteiger partial charge in [0.25, 0.3) is 0 Å². The molecule has 2 rings (SSSR count). The van der Waals surface area contributed by atoms with E-state index in [1.54, 1.807) is 37.4 Å². The van der Waals surface area contributed by atoms with E-state index in [2.05, 4.69) is 4.98 Å². The predicted octanol–water partition coefficient (Wildman–Crippen LogP) is 4.55. The van der Waals surface area contributed by atoms with E-state index in [4.69, 9.17) is 23.2 Å². The number of aromatic nitrogens is 1. The fourth-order valence-electron chi connectivity index (χ4n) is 1.53. The fraction of sp³-hybridized carbons (Fsp3) is 0.0769. The van der Waals surface area contributed by atoms with E-state index in [1.165, 1.54) is 11.8 Å². The summed E-state index contributed by atoms with van der Waals surface area (Å²) in [5.41, 5.74) is 0.840. The zero-order valence-corrected chi connectivity index (χ0v) is 12.2. The largest absolute Gasteiger partial charge is 0.478 e. The Morgan fingerprint density at radius 1 is 1.32 bits per heavy atom. The Balaban J connectivity index is 2.46. The maximum Gasteiger partial charge on any atom is 0.338 e. The molecule has 0 spiro atoms. The SMILES string of the molecule is Cc1ccnc(Sc2cc(Cl)ccc2Cl)c1C(=O)O. The molecular formula is C13H9Cl2NO2S. The zero-order chi connectivity index (χ0) is 14.0. The highest BCUT2D eigenvalue weighted by Crippen LogP contribution is 2.36. The summed E-state index contributed by atoms with van der Waals surface area (Å²) >= 11 is 13.2. The highest BCUT2D eigenvalue weighted by molar-refractivity contribution is 7.99. The molecule has 0 radical (unpaired) electrons. The van der Waals surface area contributed by atoms with Crippen LogP contribution in [0.4, 0.5) is 0 Å². The predicted molar refractivity (Wildman–Crippen MR) is 76.5 cm³/mol. The summed E-state index contributed by atoms with van der Waals surface area (Å²) in [6, 6.07) is 6.69. The summed E-state index contributed by atoms with van der Waals surface area (Å²) in [6.07, 6.45) is 1.57. The topological polar surface area (TPSA) is 50.2 Å². The molecule has 1 aromatic heterocycles. The van der Waals surface area contributed by atoms with E-state index in [1.807, 2.05) is 0 Å². The molecule has 6 heteroatoms. The van der Waals surface area contributed by atoms with Crippen molar-refractivity contribution in [2.24, 2.45) is 0 Å². The molecule has 0 amide bonds. The first-order valence-electron chi connectivity index (χ1n) is 5.31. The monoisotopic (exact) mass is 313 g/mol. The Morgan fingerprint density at radius 3 is 2.74 bits per heavy atom.